The van der Waals surface area contributed by atoms with E-state index in [1.54, 1.807) is 36.4 Å². The van der Waals surface area contributed by atoms with Crippen molar-refractivity contribution < 1.29 is 22.7 Å². The molecule has 0 spiro atoms. The number of benzene rings is 2. The van der Waals surface area contributed by atoms with Gasteiger partial charge in [-0.25, -0.2) is 17.6 Å². The maximum Gasteiger partial charge on any atom is 0.256 e. The van der Waals surface area contributed by atoms with Gasteiger partial charge in [0.2, 0.25) is 15.9 Å². The predicted molar refractivity (Wildman–Crippen MR) is 105 cm³/mol. The molecule has 1 aliphatic rings. The quantitative estimate of drug-likeness (QED) is 0.738. The van der Waals surface area contributed by atoms with Crippen molar-refractivity contribution in [1.29, 1.82) is 0 Å². The lowest BCUT2D eigenvalue weighted by Crippen LogP contribution is -2.34. The summed E-state index contributed by atoms with van der Waals surface area (Å²) in [6, 6.07) is 12.0. The Morgan fingerprint density at radius 2 is 1.79 bits per heavy atom. The summed E-state index contributed by atoms with van der Waals surface area (Å²) in [5, 5.41) is 2.98. The van der Waals surface area contributed by atoms with Crippen molar-refractivity contribution in [3.05, 3.63) is 48.5 Å². The molecule has 2 amide bonds. The van der Waals surface area contributed by atoms with Gasteiger partial charge in [0.15, 0.2) is 0 Å². The topological polar surface area (TPSA) is 96.0 Å². The third kappa shape index (κ3) is 3.71. The average molecular weight is 403 g/mol. The zero-order valence-electron chi connectivity index (χ0n) is 15.7. The Labute approximate surface area is 163 Å². The van der Waals surface area contributed by atoms with Gasteiger partial charge in [0, 0.05) is 19.8 Å². The second-order valence-electron chi connectivity index (χ2n) is 6.48. The minimum atomic E-state index is -3.60. The second-order valence-corrected chi connectivity index (χ2v) is 8.63. The first-order valence-electron chi connectivity index (χ1n) is 8.54. The van der Waals surface area contributed by atoms with Gasteiger partial charge in [-0.2, -0.15) is 0 Å². The number of methoxy groups -OCH3 is 1. The molecule has 1 fully saturated rings. The minimum Gasteiger partial charge on any atom is -0.497 e. The molecule has 0 radical (unpaired) electrons. The first-order chi connectivity index (χ1) is 13.2. The predicted octanol–water partition coefficient (Wildman–Crippen LogP) is 1.69. The molecule has 1 heterocycles. The molecule has 0 saturated carbocycles. The average Bonchev–Trinajstić information content (AvgIpc) is 2.95. The summed E-state index contributed by atoms with van der Waals surface area (Å²) in [5.74, 6) is -0.0998. The molecular weight excluding hydrogens is 382 g/mol. The van der Waals surface area contributed by atoms with Crippen molar-refractivity contribution in [3.8, 4) is 5.75 Å². The lowest BCUT2D eigenvalue weighted by atomic mass is 10.2. The first-order valence-corrected chi connectivity index (χ1v) is 9.98. The first kappa shape index (κ1) is 19.8. The number of sulfonamides is 1. The largest absolute Gasteiger partial charge is 0.497 e. The van der Waals surface area contributed by atoms with Crippen LogP contribution in [0.15, 0.2) is 53.4 Å². The molecular formula is C19H21N3O5S. The summed E-state index contributed by atoms with van der Waals surface area (Å²) < 4.78 is 30.8. The highest BCUT2D eigenvalue weighted by atomic mass is 32.2. The number of carbonyl (C=O) groups excluding carboxylic acids is 2. The number of anilines is 2. The van der Waals surface area contributed by atoms with Gasteiger partial charge in [0.25, 0.3) is 5.91 Å². The van der Waals surface area contributed by atoms with E-state index in [2.05, 4.69) is 5.32 Å². The van der Waals surface area contributed by atoms with Gasteiger partial charge in [-0.1, -0.05) is 6.07 Å². The van der Waals surface area contributed by atoms with Crippen LogP contribution in [0.1, 0.15) is 6.42 Å². The van der Waals surface area contributed by atoms with Crippen molar-refractivity contribution in [3.63, 3.8) is 0 Å². The Morgan fingerprint density at radius 1 is 1.11 bits per heavy atom. The highest BCUT2D eigenvalue weighted by Gasteiger charge is 2.39. The molecule has 1 atom stereocenters. The van der Waals surface area contributed by atoms with E-state index >= 15 is 0 Å². The summed E-state index contributed by atoms with van der Waals surface area (Å²) in [6.07, 6.45) is -0.0183. The van der Waals surface area contributed by atoms with Crippen molar-refractivity contribution >= 4 is 33.2 Å². The van der Waals surface area contributed by atoms with Crippen LogP contribution < -0.4 is 15.0 Å². The molecule has 0 bridgehead atoms. The fourth-order valence-electron chi connectivity index (χ4n) is 2.91. The van der Waals surface area contributed by atoms with Crippen molar-refractivity contribution in [2.45, 2.75) is 17.4 Å². The number of hydrogen-bond acceptors (Lipinski definition) is 6. The summed E-state index contributed by atoms with van der Waals surface area (Å²) in [7, 11) is 0.826. The molecule has 1 unspecified atom stereocenters. The molecule has 28 heavy (non-hydrogen) atoms. The van der Waals surface area contributed by atoms with Gasteiger partial charge in [0.1, 0.15) is 11.8 Å². The third-order valence-corrected chi connectivity index (χ3v) is 6.24. The van der Waals surface area contributed by atoms with Crippen LogP contribution in [-0.4, -0.2) is 51.8 Å². The summed E-state index contributed by atoms with van der Waals surface area (Å²) in [4.78, 5) is 26.4. The number of nitrogens with zero attached hydrogens (tertiary/aromatic N) is 2. The van der Waals surface area contributed by atoms with Gasteiger partial charge in [0.05, 0.1) is 24.1 Å². The zero-order valence-corrected chi connectivity index (χ0v) is 16.6. The Balaban J connectivity index is 1.81. The summed E-state index contributed by atoms with van der Waals surface area (Å²) >= 11 is 0. The van der Waals surface area contributed by atoms with Crippen molar-refractivity contribution in [2.75, 3.05) is 31.4 Å². The summed E-state index contributed by atoms with van der Waals surface area (Å²) in [6.45, 7) is 0. The maximum atomic E-state index is 12.8. The van der Waals surface area contributed by atoms with E-state index in [1.807, 2.05) is 0 Å². The molecule has 1 saturated heterocycles. The number of imide groups is 1. The Kier molecular flexibility index (Phi) is 5.39. The van der Waals surface area contributed by atoms with Crippen LogP contribution in [0.5, 0.6) is 5.75 Å². The van der Waals surface area contributed by atoms with E-state index < -0.39 is 22.0 Å². The number of hydrogen-bond donors (Lipinski definition) is 1. The van der Waals surface area contributed by atoms with Crippen LogP contribution in [0.2, 0.25) is 0 Å². The molecule has 1 N–H and O–H groups in total. The maximum absolute atomic E-state index is 12.8. The Bertz CT molecular complexity index is 1000. The van der Waals surface area contributed by atoms with Crippen LogP contribution in [0.3, 0.4) is 0 Å². The molecule has 0 aliphatic carbocycles. The minimum absolute atomic E-state index is 0.0183. The smallest absolute Gasteiger partial charge is 0.256 e. The van der Waals surface area contributed by atoms with Crippen molar-refractivity contribution in [1.82, 2.24) is 4.31 Å². The summed E-state index contributed by atoms with van der Waals surface area (Å²) in [5.41, 5.74) is 0.912. The lowest BCUT2D eigenvalue weighted by Gasteiger charge is -2.17. The van der Waals surface area contributed by atoms with E-state index in [0.717, 1.165) is 9.21 Å². The van der Waals surface area contributed by atoms with Gasteiger partial charge in [-0.3, -0.25) is 9.59 Å². The highest BCUT2D eigenvalue weighted by molar-refractivity contribution is 7.89. The van der Waals surface area contributed by atoms with Crippen molar-refractivity contribution in [2.24, 2.45) is 0 Å². The van der Waals surface area contributed by atoms with Crippen LogP contribution in [0.4, 0.5) is 11.4 Å². The zero-order chi connectivity index (χ0) is 20.5. The molecule has 8 nitrogen and oxygen atoms in total. The van der Waals surface area contributed by atoms with E-state index in [-0.39, 0.29) is 17.2 Å². The van der Waals surface area contributed by atoms with Crippen LogP contribution in [-0.2, 0) is 19.6 Å². The molecule has 3 rings (SSSR count). The highest BCUT2D eigenvalue weighted by Crippen LogP contribution is 2.27. The molecule has 1 aliphatic heterocycles. The SMILES string of the molecule is COc1ccc(N2C(=O)CC(Nc3cccc(S(=O)(=O)N(C)C)c3)C2=O)cc1. The second kappa shape index (κ2) is 7.61. The molecule has 0 aromatic heterocycles. The number of nitrogens with one attached hydrogen (secondary N) is 1. The van der Waals surface area contributed by atoms with E-state index in [9.17, 15) is 18.0 Å². The van der Waals surface area contributed by atoms with E-state index in [0.29, 0.717) is 17.1 Å². The standard InChI is InChI=1S/C19H21N3O5S/c1-21(2)28(25,26)16-6-4-5-13(11-16)20-17-12-18(23)22(19(17)24)14-7-9-15(27-3)10-8-14/h4-11,17,20H,12H2,1-3H3. The molecule has 9 heteroatoms. The number of amides is 2. The fourth-order valence-corrected chi connectivity index (χ4v) is 3.85. The molecule has 2 aromatic rings. The number of ether oxygens (including phenoxy) is 1. The van der Waals surface area contributed by atoms with Gasteiger partial charge in [-0.15, -0.1) is 0 Å². The van der Waals surface area contributed by atoms with Gasteiger partial charge < -0.3 is 10.1 Å². The lowest BCUT2D eigenvalue weighted by molar-refractivity contribution is -0.121. The van der Waals surface area contributed by atoms with E-state index in [4.69, 9.17) is 4.74 Å². The normalized spacial score (nSPS) is 17.3. The molecule has 2 aromatic carbocycles. The van der Waals surface area contributed by atoms with Crippen LogP contribution >= 0.6 is 0 Å². The number of carbonyl (C=O) groups is 2. The third-order valence-electron chi connectivity index (χ3n) is 4.43. The van der Waals surface area contributed by atoms with Gasteiger partial charge in [-0.05, 0) is 42.5 Å². The molecule has 148 valence electrons. The monoisotopic (exact) mass is 403 g/mol. The van der Waals surface area contributed by atoms with Crippen LogP contribution in [0.25, 0.3) is 0 Å². The Morgan fingerprint density at radius 3 is 2.39 bits per heavy atom. The number of rotatable bonds is 6. The fraction of sp³-hybridized carbons (Fsp3) is 0.263. The van der Waals surface area contributed by atoms with Crippen LogP contribution in [0, 0.1) is 0 Å². The van der Waals surface area contributed by atoms with E-state index in [1.165, 1.54) is 33.3 Å². The van der Waals surface area contributed by atoms with Gasteiger partial charge >= 0.3 is 0 Å². The Hall–Kier alpha value is -2.91.